The summed E-state index contributed by atoms with van der Waals surface area (Å²) < 4.78 is 35.6. The summed E-state index contributed by atoms with van der Waals surface area (Å²) in [5.74, 6) is -1.24. The second-order valence-corrected chi connectivity index (χ2v) is 4.22. The van der Waals surface area contributed by atoms with Gasteiger partial charge in [0.15, 0.2) is 0 Å². The van der Waals surface area contributed by atoms with E-state index in [0.717, 1.165) is 6.07 Å². The molecule has 0 aromatic heterocycles. The van der Waals surface area contributed by atoms with E-state index in [2.05, 4.69) is 5.32 Å². The third-order valence-corrected chi connectivity index (χ3v) is 2.31. The van der Waals surface area contributed by atoms with Crippen molar-refractivity contribution in [3.63, 3.8) is 0 Å². The number of aromatic carboxylic acids is 1. The smallest absolute Gasteiger partial charge is 0.390 e. The number of nitrogens with one attached hydrogen (secondary N) is 2. The van der Waals surface area contributed by atoms with Crippen molar-refractivity contribution in [3.05, 3.63) is 28.8 Å². The van der Waals surface area contributed by atoms with Gasteiger partial charge in [-0.3, -0.25) is 0 Å². The number of hydrogen-bond donors (Lipinski definition) is 3. The summed E-state index contributed by atoms with van der Waals surface area (Å²) in [5, 5.41) is 13.1. The van der Waals surface area contributed by atoms with E-state index < -0.39 is 31.1 Å². The quantitative estimate of drug-likeness (QED) is 0.799. The van der Waals surface area contributed by atoms with Crippen molar-refractivity contribution in [1.82, 2.24) is 5.32 Å². The predicted molar refractivity (Wildman–Crippen MR) is 66.1 cm³/mol. The maximum absolute atomic E-state index is 11.9. The Kier molecular flexibility index (Phi) is 5.20. The average molecular weight is 311 g/mol. The Morgan fingerprint density at radius 1 is 1.25 bits per heavy atom. The van der Waals surface area contributed by atoms with Crippen molar-refractivity contribution in [2.45, 2.75) is 12.6 Å². The van der Waals surface area contributed by atoms with Gasteiger partial charge in [0.1, 0.15) is 0 Å². The zero-order valence-electron chi connectivity index (χ0n) is 9.92. The van der Waals surface area contributed by atoms with Crippen LogP contribution in [0.5, 0.6) is 0 Å². The molecule has 0 saturated carbocycles. The molecule has 5 nitrogen and oxygen atoms in total. The van der Waals surface area contributed by atoms with Crippen molar-refractivity contribution < 1.29 is 27.9 Å². The van der Waals surface area contributed by atoms with Crippen LogP contribution in [0.1, 0.15) is 16.8 Å². The summed E-state index contributed by atoms with van der Waals surface area (Å²) in [6.45, 7) is -0.582. The van der Waals surface area contributed by atoms with Crippen LogP contribution in [0.2, 0.25) is 5.02 Å². The van der Waals surface area contributed by atoms with Crippen molar-refractivity contribution in [1.29, 1.82) is 0 Å². The zero-order chi connectivity index (χ0) is 15.3. The maximum atomic E-state index is 11.9. The minimum Gasteiger partial charge on any atom is -0.478 e. The molecule has 110 valence electrons. The summed E-state index contributed by atoms with van der Waals surface area (Å²) >= 11 is 5.66. The Morgan fingerprint density at radius 3 is 2.45 bits per heavy atom. The van der Waals surface area contributed by atoms with Gasteiger partial charge in [0.05, 0.1) is 12.0 Å². The van der Waals surface area contributed by atoms with Gasteiger partial charge in [-0.15, -0.1) is 0 Å². The molecule has 1 rings (SSSR count). The molecule has 0 spiro atoms. The fourth-order valence-corrected chi connectivity index (χ4v) is 1.51. The lowest BCUT2D eigenvalue weighted by Gasteiger charge is -2.10. The van der Waals surface area contributed by atoms with Crippen LogP contribution in [-0.4, -0.2) is 29.8 Å². The first-order valence-electron chi connectivity index (χ1n) is 5.33. The van der Waals surface area contributed by atoms with Crippen LogP contribution in [0.25, 0.3) is 0 Å². The topological polar surface area (TPSA) is 78.4 Å². The molecule has 1 aromatic rings. The van der Waals surface area contributed by atoms with E-state index in [1.807, 2.05) is 5.32 Å². The normalized spacial score (nSPS) is 11.0. The van der Waals surface area contributed by atoms with Crippen LogP contribution < -0.4 is 10.6 Å². The lowest BCUT2D eigenvalue weighted by atomic mass is 10.2. The molecule has 0 aliphatic carbocycles. The monoisotopic (exact) mass is 310 g/mol. The number of anilines is 1. The number of carboxylic acids is 1. The summed E-state index contributed by atoms with van der Waals surface area (Å²) in [7, 11) is 0. The molecular weight excluding hydrogens is 301 g/mol. The molecule has 0 aliphatic rings. The van der Waals surface area contributed by atoms with E-state index in [1.165, 1.54) is 12.1 Å². The molecule has 3 N–H and O–H groups in total. The van der Waals surface area contributed by atoms with Gasteiger partial charge in [0.2, 0.25) is 0 Å². The van der Waals surface area contributed by atoms with Crippen LogP contribution in [-0.2, 0) is 0 Å². The van der Waals surface area contributed by atoms with Gasteiger partial charge in [0.25, 0.3) is 0 Å². The van der Waals surface area contributed by atoms with E-state index >= 15 is 0 Å². The summed E-state index contributed by atoms with van der Waals surface area (Å²) in [4.78, 5) is 22.1. The molecule has 0 fully saturated rings. The number of hydrogen-bond acceptors (Lipinski definition) is 2. The Labute approximate surface area is 116 Å². The molecule has 0 radical (unpaired) electrons. The van der Waals surface area contributed by atoms with Crippen molar-refractivity contribution >= 4 is 29.3 Å². The summed E-state index contributed by atoms with van der Waals surface area (Å²) in [5.41, 5.74) is -0.0810. The number of carboxylic acid groups (broad SMARTS) is 1. The minimum atomic E-state index is -4.36. The van der Waals surface area contributed by atoms with Gasteiger partial charge < -0.3 is 15.7 Å². The molecule has 20 heavy (non-hydrogen) atoms. The van der Waals surface area contributed by atoms with Crippen molar-refractivity contribution in [2.24, 2.45) is 0 Å². The second kappa shape index (κ2) is 6.47. The molecule has 0 unspecified atom stereocenters. The van der Waals surface area contributed by atoms with Crippen molar-refractivity contribution in [3.8, 4) is 0 Å². The summed E-state index contributed by atoms with van der Waals surface area (Å²) in [6, 6.07) is 2.71. The highest BCUT2D eigenvalue weighted by atomic mass is 35.5. The first kappa shape index (κ1) is 16.1. The average Bonchev–Trinajstić information content (AvgIpc) is 2.25. The van der Waals surface area contributed by atoms with Gasteiger partial charge in [0, 0.05) is 17.3 Å². The lowest BCUT2D eigenvalue weighted by molar-refractivity contribution is -0.132. The van der Waals surface area contributed by atoms with Crippen LogP contribution in [0.15, 0.2) is 18.2 Å². The van der Waals surface area contributed by atoms with Crippen LogP contribution in [0, 0.1) is 0 Å². The number of benzene rings is 1. The number of carbonyl (C=O) groups excluding carboxylic acids is 1. The van der Waals surface area contributed by atoms with Gasteiger partial charge >= 0.3 is 18.2 Å². The molecular formula is C11H10ClF3N2O3. The lowest BCUT2D eigenvalue weighted by Crippen LogP contribution is -2.31. The fraction of sp³-hybridized carbons (Fsp3) is 0.273. The van der Waals surface area contributed by atoms with E-state index in [1.54, 1.807) is 0 Å². The fourth-order valence-electron chi connectivity index (χ4n) is 1.28. The number of urea groups is 1. The number of alkyl halides is 3. The Balaban J connectivity index is 2.60. The minimum absolute atomic E-state index is 0.0689. The Bertz CT molecular complexity index is 520. The third-order valence-electron chi connectivity index (χ3n) is 2.10. The van der Waals surface area contributed by atoms with Crippen LogP contribution >= 0.6 is 11.6 Å². The number of amides is 2. The largest absolute Gasteiger partial charge is 0.478 e. The van der Waals surface area contributed by atoms with Gasteiger partial charge in [-0.05, 0) is 18.2 Å². The molecule has 0 bridgehead atoms. The molecule has 0 heterocycles. The maximum Gasteiger partial charge on any atom is 0.390 e. The Hall–Kier alpha value is -1.96. The number of carbonyl (C=O) groups is 2. The van der Waals surface area contributed by atoms with E-state index in [-0.39, 0.29) is 16.3 Å². The molecule has 0 atom stereocenters. The highest BCUT2D eigenvalue weighted by molar-refractivity contribution is 6.31. The molecule has 0 aliphatic heterocycles. The van der Waals surface area contributed by atoms with E-state index in [0.29, 0.717) is 0 Å². The zero-order valence-corrected chi connectivity index (χ0v) is 10.7. The molecule has 9 heteroatoms. The number of rotatable bonds is 4. The van der Waals surface area contributed by atoms with Gasteiger partial charge in [-0.25, -0.2) is 9.59 Å². The van der Waals surface area contributed by atoms with Gasteiger partial charge in [-0.1, -0.05) is 11.6 Å². The Morgan fingerprint density at radius 2 is 1.90 bits per heavy atom. The summed E-state index contributed by atoms with van der Waals surface area (Å²) in [6.07, 6.45) is -5.52. The van der Waals surface area contributed by atoms with Gasteiger partial charge in [-0.2, -0.15) is 13.2 Å². The highest BCUT2D eigenvalue weighted by Gasteiger charge is 2.26. The van der Waals surface area contributed by atoms with Crippen molar-refractivity contribution in [2.75, 3.05) is 11.9 Å². The SMILES string of the molecule is O=C(NCCC(F)(F)F)Nc1cc(Cl)cc(C(=O)O)c1. The molecule has 1 aromatic carbocycles. The van der Waals surface area contributed by atoms with Crippen LogP contribution in [0.4, 0.5) is 23.7 Å². The molecule has 0 saturated heterocycles. The van der Waals surface area contributed by atoms with E-state index in [9.17, 15) is 22.8 Å². The predicted octanol–water partition coefficient (Wildman–Crippen LogP) is 3.11. The first-order valence-corrected chi connectivity index (χ1v) is 5.70. The molecule has 2 amide bonds. The standard InChI is InChI=1S/C11H10ClF3N2O3/c12-7-3-6(9(18)19)4-8(5-7)17-10(20)16-2-1-11(13,14)15/h3-5H,1-2H2,(H,18,19)(H2,16,17,20). The number of halogens is 4. The van der Waals surface area contributed by atoms with Crippen LogP contribution in [0.3, 0.4) is 0 Å². The third kappa shape index (κ3) is 5.79. The first-order chi connectivity index (χ1) is 9.17. The second-order valence-electron chi connectivity index (χ2n) is 3.78. The van der Waals surface area contributed by atoms with E-state index in [4.69, 9.17) is 16.7 Å². The highest BCUT2D eigenvalue weighted by Crippen LogP contribution is 2.20.